The minimum Gasteiger partial charge on any atom is -0.464 e. The van der Waals surface area contributed by atoms with Crippen LogP contribution in [0, 0.1) is 0 Å². The first kappa shape index (κ1) is 13.8. The Morgan fingerprint density at radius 3 is 2.67 bits per heavy atom. The van der Waals surface area contributed by atoms with E-state index in [4.69, 9.17) is 4.42 Å². The Morgan fingerprint density at radius 2 is 1.94 bits per heavy atom. The largest absolute Gasteiger partial charge is 0.464 e. The minimum absolute atomic E-state index is 0.224. The summed E-state index contributed by atoms with van der Waals surface area (Å²) in [5.74, 6) is -0.715. The van der Waals surface area contributed by atoms with Crippen LogP contribution in [0.1, 0.15) is 30.8 Å². The van der Waals surface area contributed by atoms with Gasteiger partial charge in [-0.15, -0.1) is 0 Å². The highest BCUT2D eigenvalue weighted by Gasteiger charge is 2.11. The first-order valence-electron chi connectivity index (χ1n) is 6.20. The maximum Gasteiger partial charge on any atom is 0.284 e. The number of nitrogens with zero attached hydrogens (tertiary/aromatic N) is 1. The van der Waals surface area contributed by atoms with E-state index in [1.807, 2.05) is 6.07 Å². The summed E-state index contributed by atoms with van der Waals surface area (Å²) in [6.45, 7) is 2.75. The highest BCUT2D eigenvalue weighted by molar-refractivity contribution is 7.98. The van der Waals surface area contributed by atoms with E-state index >= 15 is 0 Å². The van der Waals surface area contributed by atoms with Gasteiger partial charge in [0.1, 0.15) is 11.5 Å². The highest BCUT2D eigenvalue weighted by atomic mass is 32.2. The van der Waals surface area contributed by atoms with Crippen molar-refractivity contribution in [1.82, 2.24) is 10.4 Å². The standard InChI is InChI=1S/C12H18F2N2OS/c13-12(14)18-9-11-5-4-10(17-11)8-15-16-6-2-1-3-7-16/h4-5,12,15H,1-3,6-9H2. The molecule has 18 heavy (non-hydrogen) atoms. The molecule has 1 aromatic heterocycles. The fourth-order valence-corrected chi connectivity index (χ4v) is 2.43. The van der Waals surface area contributed by atoms with Crippen LogP contribution in [0.25, 0.3) is 0 Å². The van der Waals surface area contributed by atoms with Gasteiger partial charge >= 0.3 is 0 Å². The van der Waals surface area contributed by atoms with E-state index in [9.17, 15) is 8.78 Å². The number of hydrogen-bond donors (Lipinski definition) is 1. The van der Waals surface area contributed by atoms with E-state index in [1.54, 1.807) is 6.07 Å². The molecule has 0 bridgehead atoms. The summed E-state index contributed by atoms with van der Waals surface area (Å²) in [6, 6.07) is 3.61. The van der Waals surface area contributed by atoms with Crippen LogP contribution in [0.4, 0.5) is 8.78 Å². The van der Waals surface area contributed by atoms with Gasteiger partial charge in [-0.3, -0.25) is 0 Å². The molecule has 1 aliphatic rings. The van der Waals surface area contributed by atoms with Crippen molar-refractivity contribution in [3.8, 4) is 0 Å². The summed E-state index contributed by atoms with van der Waals surface area (Å²) in [5.41, 5.74) is 3.30. The second-order valence-electron chi connectivity index (χ2n) is 4.32. The zero-order valence-corrected chi connectivity index (χ0v) is 11.0. The molecule has 1 fully saturated rings. The zero-order chi connectivity index (χ0) is 12.8. The van der Waals surface area contributed by atoms with Gasteiger partial charge in [0.25, 0.3) is 5.76 Å². The van der Waals surface area contributed by atoms with E-state index in [0.29, 0.717) is 24.1 Å². The van der Waals surface area contributed by atoms with E-state index < -0.39 is 5.76 Å². The van der Waals surface area contributed by atoms with Crippen LogP contribution >= 0.6 is 11.8 Å². The van der Waals surface area contributed by atoms with Gasteiger partial charge in [-0.1, -0.05) is 18.2 Å². The number of piperidine rings is 1. The molecular formula is C12H18F2N2OS. The molecule has 102 valence electrons. The van der Waals surface area contributed by atoms with E-state index in [2.05, 4.69) is 10.4 Å². The SMILES string of the molecule is FC(F)SCc1ccc(CNN2CCCCC2)o1. The van der Waals surface area contributed by atoms with E-state index in [-0.39, 0.29) is 5.75 Å². The molecule has 0 saturated carbocycles. The van der Waals surface area contributed by atoms with Crippen LogP contribution in [0.2, 0.25) is 0 Å². The van der Waals surface area contributed by atoms with Crippen LogP contribution in [0.3, 0.4) is 0 Å². The van der Waals surface area contributed by atoms with Gasteiger partial charge in [-0.05, 0) is 25.0 Å². The van der Waals surface area contributed by atoms with Crippen LogP contribution in [0.5, 0.6) is 0 Å². The van der Waals surface area contributed by atoms with Gasteiger partial charge in [0.05, 0.1) is 12.3 Å². The Morgan fingerprint density at radius 1 is 1.22 bits per heavy atom. The lowest BCUT2D eigenvalue weighted by molar-refractivity contribution is 0.146. The lowest BCUT2D eigenvalue weighted by Gasteiger charge is -2.26. The van der Waals surface area contributed by atoms with Crippen LogP contribution in [-0.2, 0) is 12.3 Å². The average Bonchev–Trinajstić information content (AvgIpc) is 2.83. The Labute approximate surface area is 110 Å². The first-order valence-corrected chi connectivity index (χ1v) is 7.25. The summed E-state index contributed by atoms with van der Waals surface area (Å²) in [6.07, 6.45) is 3.75. The fourth-order valence-electron chi connectivity index (χ4n) is 1.98. The summed E-state index contributed by atoms with van der Waals surface area (Å²) in [7, 11) is 0. The number of furan rings is 1. The molecule has 0 atom stereocenters. The molecule has 1 aromatic rings. The average molecular weight is 276 g/mol. The number of thioether (sulfide) groups is 1. The molecule has 0 aromatic carbocycles. The summed E-state index contributed by atoms with van der Waals surface area (Å²) >= 11 is 0.586. The lowest BCUT2D eigenvalue weighted by atomic mass is 10.2. The summed E-state index contributed by atoms with van der Waals surface area (Å²) in [5, 5.41) is 2.19. The van der Waals surface area contributed by atoms with Crippen molar-refractivity contribution in [2.45, 2.75) is 37.3 Å². The van der Waals surface area contributed by atoms with Crippen molar-refractivity contribution < 1.29 is 13.2 Å². The Kier molecular flexibility index (Phi) is 5.46. The van der Waals surface area contributed by atoms with Crippen LogP contribution in [0.15, 0.2) is 16.5 Å². The third kappa shape index (κ3) is 4.59. The topological polar surface area (TPSA) is 28.4 Å². The number of nitrogens with one attached hydrogen (secondary N) is 1. The fraction of sp³-hybridized carbons (Fsp3) is 0.667. The van der Waals surface area contributed by atoms with Gasteiger partial charge in [-0.2, -0.15) is 8.78 Å². The molecule has 0 radical (unpaired) electrons. The molecule has 3 nitrogen and oxygen atoms in total. The number of alkyl halides is 2. The molecule has 0 amide bonds. The second kappa shape index (κ2) is 7.11. The normalized spacial score (nSPS) is 17.5. The van der Waals surface area contributed by atoms with Gasteiger partial charge < -0.3 is 4.42 Å². The maximum atomic E-state index is 12.0. The first-order chi connectivity index (χ1) is 8.74. The molecule has 1 N–H and O–H groups in total. The predicted molar refractivity (Wildman–Crippen MR) is 68.3 cm³/mol. The summed E-state index contributed by atoms with van der Waals surface area (Å²) < 4.78 is 29.5. The van der Waals surface area contributed by atoms with Crippen LogP contribution in [-0.4, -0.2) is 23.9 Å². The molecule has 2 rings (SSSR count). The van der Waals surface area contributed by atoms with Gasteiger partial charge in [0.15, 0.2) is 0 Å². The van der Waals surface area contributed by atoms with Crippen molar-refractivity contribution in [3.05, 3.63) is 23.7 Å². The number of hydrazine groups is 1. The predicted octanol–water partition coefficient (Wildman–Crippen LogP) is 3.23. The van der Waals surface area contributed by atoms with Crippen molar-refractivity contribution in [2.75, 3.05) is 13.1 Å². The Bertz CT molecular complexity index is 354. The molecule has 6 heteroatoms. The number of hydrogen-bond acceptors (Lipinski definition) is 4. The summed E-state index contributed by atoms with van der Waals surface area (Å²) in [4.78, 5) is 0. The molecule has 2 heterocycles. The highest BCUT2D eigenvalue weighted by Crippen LogP contribution is 2.21. The minimum atomic E-state index is -2.34. The van der Waals surface area contributed by atoms with Crippen LogP contribution < -0.4 is 5.43 Å². The molecule has 1 aliphatic heterocycles. The molecule has 0 unspecified atom stereocenters. The third-order valence-electron chi connectivity index (χ3n) is 2.90. The quantitative estimate of drug-likeness (QED) is 0.863. The maximum absolute atomic E-state index is 12.0. The van der Waals surface area contributed by atoms with Crippen molar-refractivity contribution in [2.24, 2.45) is 0 Å². The second-order valence-corrected chi connectivity index (χ2v) is 5.30. The number of rotatable bonds is 6. The van der Waals surface area contributed by atoms with Crippen molar-refractivity contribution >= 4 is 11.8 Å². The van der Waals surface area contributed by atoms with E-state index in [0.717, 1.165) is 18.8 Å². The number of halogens is 2. The van der Waals surface area contributed by atoms with Crippen molar-refractivity contribution in [3.63, 3.8) is 0 Å². The molecule has 0 aliphatic carbocycles. The third-order valence-corrected chi connectivity index (χ3v) is 3.61. The molecule has 0 spiro atoms. The molecular weight excluding hydrogens is 258 g/mol. The Balaban J connectivity index is 1.72. The zero-order valence-electron chi connectivity index (χ0n) is 10.2. The smallest absolute Gasteiger partial charge is 0.284 e. The van der Waals surface area contributed by atoms with Gasteiger partial charge in [0, 0.05) is 13.1 Å². The Hall–Kier alpha value is -0.590. The lowest BCUT2D eigenvalue weighted by Crippen LogP contribution is -2.41. The van der Waals surface area contributed by atoms with Gasteiger partial charge in [-0.25, -0.2) is 10.4 Å². The van der Waals surface area contributed by atoms with Crippen molar-refractivity contribution in [1.29, 1.82) is 0 Å². The molecule has 1 saturated heterocycles. The van der Waals surface area contributed by atoms with E-state index in [1.165, 1.54) is 19.3 Å². The van der Waals surface area contributed by atoms with Gasteiger partial charge in [0.2, 0.25) is 0 Å². The monoisotopic (exact) mass is 276 g/mol.